The zero-order valence-electron chi connectivity index (χ0n) is 13.2. The number of rotatable bonds is 0. The third-order valence-corrected chi connectivity index (χ3v) is 4.98. The molecule has 120 valence electrons. The van der Waals surface area contributed by atoms with E-state index >= 15 is 0 Å². The Kier molecular flexibility index (Phi) is 2.70. The van der Waals surface area contributed by atoms with Crippen molar-refractivity contribution in [2.24, 2.45) is 0 Å². The smallest absolute Gasteiger partial charge is 0.193 e. The number of ether oxygens (including phenoxy) is 1. The lowest BCUT2D eigenvalue weighted by atomic mass is 9.90. The molecular formula is C19H11BClNO3. The van der Waals surface area contributed by atoms with Gasteiger partial charge in [0.05, 0.1) is 16.6 Å². The predicted octanol–water partition coefficient (Wildman–Crippen LogP) is 4.06. The molecule has 0 unspecified atom stereocenters. The number of hydrogen-bond donors (Lipinski definition) is 2. The van der Waals surface area contributed by atoms with E-state index in [1.165, 1.54) is 0 Å². The molecule has 25 heavy (non-hydrogen) atoms. The fourth-order valence-corrected chi connectivity index (χ4v) is 3.80. The number of para-hydroxylation sites is 1. The molecule has 1 aliphatic heterocycles. The number of aromatic hydroxyl groups is 2. The normalized spacial score (nSPS) is 12.4. The van der Waals surface area contributed by atoms with Gasteiger partial charge in [0.1, 0.15) is 19.1 Å². The van der Waals surface area contributed by atoms with Crippen molar-refractivity contribution in [1.29, 1.82) is 0 Å². The zero-order chi connectivity index (χ0) is 17.5. The maximum atomic E-state index is 10.6. The van der Waals surface area contributed by atoms with Gasteiger partial charge in [-0.05, 0) is 36.1 Å². The lowest BCUT2D eigenvalue weighted by Gasteiger charge is -2.24. The number of phenolic OH excluding ortho intramolecular Hbond substituents is 2. The predicted molar refractivity (Wildman–Crippen MR) is 99.3 cm³/mol. The summed E-state index contributed by atoms with van der Waals surface area (Å²) in [5.74, 6) is 0.401. The largest absolute Gasteiger partial charge is 0.508 e. The summed E-state index contributed by atoms with van der Waals surface area (Å²) in [5.41, 5.74) is 3.12. The van der Waals surface area contributed by atoms with Gasteiger partial charge in [0.25, 0.3) is 0 Å². The molecule has 0 spiro atoms. The number of fused-ring (bicyclic) bond motifs is 5. The van der Waals surface area contributed by atoms with Gasteiger partial charge in [-0.2, -0.15) is 0 Å². The Morgan fingerprint density at radius 2 is 1.92 bits per heavy atom. The third-order valence-electron chi connectivity index (χ3n) is 4.74. The lowest BCUT2D eigenvalue weighted by molar-refractivity contribution is 0.407. The lowest BCUT2D eigenvalue weighted by Crippen LogP contribution is -2.11. The average Bonchev–Trinajstić information content (AvgIpc) is 2.92. The van der Waals surface area contributed by atoms with Crippen LogP contribution in [-0.4, -0.2) is 22.6 Å². The molecule has 6 heteroatoms. The first-order chi connectivity index (χ1) is 12.0. The summed E-state index contributed by atoms with van der Waals surface area (Å²) >= 11 is 6.22. The molecule has 0 atom stereocenters. The minimum absolute atomic E-state index is 0.104. The highest BCUT2D eigenvalue weighted by Crippen LogP contribution is 2.51. The van der Waals surface area contributed by atoms with Crippen molar-refractivity contribution < 1.29 is 14.9 Å². The standard InChI is InChI=1S/C19H11BClNO3/c1-8-3-2-4-12-15(8)22-11-7-9(21)5-6-10(11)13-16(22)19(25-12)18(24)14(20)17(13)23/h2-7,23-24H,1H3. The molecule has 0 saturated heterocycles. The van der Waals surface area contributed by atoms with Crippen LogP contribution in [0.5, 0.6) is 23.0 Å². The summed E-state index contributed by atoms with van der Waals surface area (Å²) in [7, 11) is 5.91. The Bertz CT molecular complexity index is 1230. The van der Waals surface area contributed by atoms with Gasteiger partial charge < -0.3 is 19.5 Å². The van der Waals surface area contributed by atoms with E-state index in [-0.39, 0.29) is 22.7 Å². The monoisotopic (exact) mass is 347 g/mol. The summed E-state index contributed by atoms with van der Waals surface area (Å²) in [4.78, 5) is 0. The molecule has 0 amide bonds. The van der Waals surface area contributed by atoms with E-state index in [4.69, 9.17) is 24.2 Å². The molecule has 3 aromatic carbocycles. The number of benzene rings is 3. The number of aromatic nitrogens is 1. The summed E-state index contributed by atoms with van der Waals surface area (Å²) in [6, 6.07) is 11.1. The Labute approximate surface area is 149 Å². The van der Waals surface area contributed by atoms with Crippen LogP contribution in [0.1, 0.15) is 5.56 Å². The molecule has 2 heterocycles. The van der Waals surface area contributed by atoms with Gasteiger partial charge in [0, 0.05) is 10.4 Å². The molecule has 4 nitrogen and oxygen atoms in total. The summed E-state index contributed by atoms with van der Waals surface area (Å²) in [6.07, 6.45) is 0. The molecule has 1 aromatic heterocycles. The zero-order valence-corrected chi connectivity index (χ0v) is 13.9. The molecule has 0 bridgehead atoms. The fraction of sp³-hybridized carbons (Fsp3) is 0.0526. The molecular weight excluding hydrogens is 336 g/mol. The van der Waals surface area contributed by atoms with E-state index in [9.17, 15) is 10.2 Å². The van der Waals surface area contributed by atoms with Crippen molar-refractivity contribution in [3.63, 3.8) is 0 Å². The molecule has 4 aromatic rings. The second-order valence-corrected chi connectivity index (χ2v) is 6.62. The van der Waals surface area contributed by atoms with E-state index in [0.29, 0.717) is 21.7 Å². The van der Waals surface area contributed by atoms with Gasteiger partial charge in [-0.25, -0.2) is 0 Å². The highest BCUT2D eigenvalue weighted by atomic mass is 35.5. The first-order valence-electron chi connectivity index (χ1n) is 7.74. The van der Waals surface area contributed by atoms with Crippen LogP contribution in [0.3, 0.4) is 0 Å². The second-order valence-electron chi connectivity index (χ2n) is 6.18. The van der Waals surface area contributed by atoms with Crippen LogP contribution in [0.15, 0.2) is 36.4 Å². The van der Waals surface area contributed by atoms with Gasteiger partial charge in [-0.3, -0.25) is 0 Å². The molecule has 0 aliphatic carbocycles. The number of halogens is 1. The first-order valence-corrected chi connectivity index (χ1v) is 8.11. The Morgan fingerprint density at radius 3 is 2.72 bits per heavy atom. The van der Waals surface area contributed by atoms with E-state index in [1.54, 1.807) is 6.07 Å². The van der Waals surface area contributed by atoms with Gasteiger partial charge in [0.15, 0.2) is 17.2 Å². The number of nitrogens with zero attached hydrogens (tertiary/aromatic N) is 1. The van der Waals surface area contributed by atoms with Crippen molar-refractivity contribution in [3.05, 3.63) is 47.0 Å². The number of aryl methyl sites for hydroxylation is 1. The Balaban J connectivity index is 2.16. The fourth-order valence-electron chi connectivity index (χ4n) is 3.64. The average molecular weight is 348 g/mol. The summed E-state index contributed by atoms with van der Waals surface area (Å²) in [5, 5.41) is 22.9. The van der Waals surface area contributed by atoms with Gasteiger partial charge in [-0.1, -0.05) is 29.8 Å². The van der Waals surface area contributed by atoms with Crippen molar-refractivity contribution in [3.8, 4) is 28.7 Å². The summed E-state index contributed by atoms with van der Waals surface area (Å²) in [6.45, 7) is 1.98. The van der Waals surface area contributed by atoms with E-state index < -0.39 is 0 Å². The molecule has 2 radical (unpaired) electrons. The quantitative estimate of drug-likeness (QED) is 0.415. The SMILES string of the molecule is [B]c1c(O)c2c3c(c1O)c1ccc(Cl)cc1n3-c1c(C)cccc1O2. The van der Waals surface area contributed by atoms with Crippen molar-refractivity contribution in [1.82, 2.24) is 4.57 Å². The highest BCUT2D eigenvalue weighted by Gasteiger charge is 2.30. The van der Waals surface area contributed by atoms with Crippen LogP contribution in [0.4, 0.5) is 0 Å². The van der Waals surface area contributed by atoms with Crippen LogP contribution in [-0.2, 0) is 0 Å². The van der Waals surface area contributed by atoms with Crippen LogP contribution >= 0.6 is 11.6 Å². The van der Waals surface area contributed by atoms with E-state index in [0.717, 1.165) is 22.2 Å². The molecule has 0 saturated carbocycles. The van der Waals surface area contributed by atoms with Crippen LogP contribution < -0.4 is 10.2 Å². The maximum absolute atomic E-state index is 10.6. The van der Waals surface area contributed by atoms with Gasteiger partial charge in [0.2, 0.25) is 0 Å². The van der Waals surface area contributed by atoms with Crippen molar-refractivity contribution in [2.75, 3.05) is 0 Å². The summed E-state index contributed by atoms with van der Waals surface area (Å²) < 4.78 is 7.92. The number of phenols is 2. The molecule has 1 aliphatic rings. The molecule has 0 fully saturated rings. The van der Waals surface area contributed by atoms with Crippen LogP contribution in [0, 0.1) is 6.92 Å². The first kappa shape index (κ1) is 14.5. The van der Waals surface area contributed by atoms with E-state index in [2.05, 4.69) is 0 Å². The van der Waals surface area contributed by atoms with Crippen molar-refractivity contribution >= 4 is 46.7 Å². The number of hydrogen-bond acceptors (Lipinski definition) is 3. The highest BCUT2D eigenvalue weighted by molar-refractivity contribution is 6.40. The van der Waals surface area contributed by atoms with Crippen LogP contribution in [0.2, 0.25) is 5.02 Å². The molecule has 5 rings (SSSR count). The minimum Gasteiger partial charge on any atom is -0.508 e. The minimum atomic E-state index is -0.271. The van der Waals surface area contributed by atoms with Crippen molar-refractivity contribution in [2.45, 2.75) is 6.92 Å². The molecule has 2 N–H and O–H groups in total. The Hall–Kier alpha value is -2.79. The third kappa shape index (κ3) is 1.68. The second kappa shape index (κ2) is 4.64. The maximum Gasteiger partial charge on any atom is 0.193 e. The Morgan fingerprint density at radius 1 is 1.12 bits per heavy atom. The van der Waals surface area contributed by atoms with E-state index in [1.807, 2.05) is 41.8 Å². The van der Waals surface area contributed by atoms with Crippen LogP contribution in [0.25, 0.3) is 27.5 Å². The topological polar surface area (TPSA) is 54.6 Å². The van der Waals surface area contributed by atoms with Gasteiger partial charge >= 0.3 is 0 Å². The van der Waals surface area contributed by atoms with Gasteiger partial charge in [-0.15, -0.1) is 0 Å².